The minimum atomic E-state index is -4.58. The lowest BCUT2D eigenvalue weighted by Gasteiger charge is -2.56. The minimum absolute atomic E-state index is 0.139. The molecule has 0 aliphatic heterocycles. The smallest absolute Gasteiger partial charge is 0.284 e. The molecule has 0 aromatic rings. The zero-order valence-corrected chi connectivity index (χ0v) is 24.2. The summed E-state index contributed by atoms with van der Waals surface area (Å²) in [5, 5.41) is 0. The van der Waals surface area contributed by atoms with E-state index in [9.17, 15) is 33.7 Å². The van der Waals surface area contributed by atoms with Crippen molar-refractivity contribution in [3.05, 3.63) is 0 Å². The van der Waals surface area contributed by atoms with Gasteiger partial charge in [-0.2, -0.15) is 33.7 Å². The standard InChI is InChI=1S/C21H38O12S4/c1-20(19-6-2-4-17(10-19)13-37(30,31)33-16-35(25,26)27)11-18-5-3-7-21(12-18,14-20)8-9-36(28,29)32-15-34(22,23)24/h17-19H,2-16H2,1H3,(H,22,23,24)(H,25,26,27). The molecule has 0 aromatic carbocycles. The monoisotopic (exact) mass is 610 g/mol. The summed E-state index contributed by atoms with van der Waals surface area (Å²) in [6, 6.07) is 0. The van der Waals surface area contributed by atoms with Gasteiger partial charge < -0.3 is 0 Å². The molecule has 5 atom stereocenters. The Morgan fingerprint density at radius 3 is 2.05 bits per heavy atom. The van der Waals surface area contributed by atoms with Crippen molar-refractivity contribution >= 4 is 40.5 Å². The average molecular weight is 611 g/mol. The Bertz CT molecular complexity index is 1240. The van der Waals surface area contributed by atoms with Crippen LogP contribution in [0.2, 0.25) is 0 Å². The Morgan fingerprint density at radius 1 is 0.811 bits per heavy atom. The van der Waals surface area contributed by atoms with Gasteiger partial charge >= 0.3 is 0 Å². The SMILES string of the molecule is CC1(C2CCCC(CS(=O)(=O)OCS(=O)(=O)O)C2)CC2CCCC(CCS(=O)(=O)OCS(=O)(=O)O)(C2)C1. The molecule has 218 valence electrons. The molecular weight excluding hydrogens is 572 g/mol. The number of hydrogen-bond donors (Lipinski definition) is 2. The first-order valence-electron chi connectivity index (χ1n) is 12.4. The molecule has 2 N–H and O–H groups in total. The van der Waals surface area contributed by atoms with E-state index in [1.807, 2.05) is 0 Å². The summed E-state index contributed by atoms with van der Waals surface area (Å²) in [5.41, 5.74) is -0.387. The van der Waals surface area contributed by atoms with E-state index in [1.54, 1.807) is 0 Å². The van der Waals surface area contributed by atoms with Crippen molar-refractivity contribution in [1.82, 2.24) is 0 Å². The fraction of sp³-hybridized carbons (Fsp3) is 1.00. The van der Waals surface area contributed by atoms with E-state index in [-0.39, 0.29) is 34.2 Å². The third-order valence-corrected chi connectivity index (χ3v) is 12.1. The van der Waals surface area contributed by atoms with Crippen molar-refractivity contribution in [3.63, 3.8) is 0 Å². The molecule has 3 aliphatic carbocycles. The molecule has 3 rings (SSSR count). The summed E-state index contributed by atoms with van der Waals surface area (Å²) in [6.45, 7) is 2.19. The third-order valence-electron chi connectivity index (χ3n) is 8.42. The quantitative estimate of drug-likeness (QED) is 0.242. The molecule has 0 saturated heterocycles. The van der Waals surface area contributed by atoms with Crippen LogP contribution < -0.4 is 0 Å². The zero-order valence-electron chi connectivity index (χ0n) is 20.9. The molecule has 37 heavy (non-hydrogen) atoms. The third kappa shape index (κ3) is 9.65. The Balaban J connectivity index is 1.68. The van der Waals surface area contributed by atoms with Crippen molar-refractivity contribution < 1.29 is 51.1 Å². The topological polar surface area (TPSA) is 195 Å². The highest BCUT2D eigenvalue weighted by Gasteiger charge is 2.51. The maximum Gasteiger partial charge on any atom is 0.290 e. The molecule has 0 heterocycles. The molecule has 0 amide bonds. The van der Waals surface area contributed by atoms with Crippen molar-refractivity contribution in [2.24, 2.45) is 28.6 Å². The van der Waals surface area contributed by atoms with Crippen molar-refractivity contribution in [2.45, 2.75) is 77.6 Å². The van der Waals surface area contributed by atoms with Crippen LogP contribution in [-0.2, 0) is 48.8 Å². The fourth-order valence-electron chi connectivity index (χ4n) is 7.21. The number of fused-ring (bicyclic) bond motifs is 2. The molecule has 3 fully saturated rings. The van der Waals surface area contributed by atoms with Gasteiger partial charge in [0.05, 0.1) is 11.5 Å². The first-order valence-corrected chi connectivity index (χ1v) is 18.8. The summed E-state index contributed by atoms with van der Waals surface area (Å²) < 4.78 is 119. The van der Waals surface area contributed by atoms with Crippen molar-refractivity contribution in [3.8, 4) is 0 Å². The first kappa shape index (κ1) is 31.2. The van der Waals surface area contributed by atoms with Gasteiger partial charge in [-0.05, 0) is 80.0 Å². The van der Waals surface area contributed by atoms with E-state index in [4.69, 9.17) is 9.11 Å². The van der Waals surface area contributed by atoms with Crippen molar-refractivity contribution in [1.29, 1.82) is 0 Å². The van der Waals surface area contributed by atoms with E-state index in [1.165, 1.54) is 0 Å². The van der Waals surface area contributed by atoms with Crippen LogP contribution in [0.25, 0.3) is 0 Å². The van der Waals surface area contributed by atoms with E-state index in [0.717, 1.165) is 51.4 Å². The van der Waals surface area contributed by atoms with Crippen LogP contribution in [0.4, 0.5) is 0 Å². The Hall–Kier alpha value is -0.360. The highest BCUT2D eigenvalue weighted by molar-refractivity contribution is 7.89. The molecule has 0 radical (unpaired) electrons. The highest BCUT2D eigenvalue weighted by Crippen LogP contribution is 2.61. The molecule has 3 aliphatic rings. The van der Waals surface area contributed by atoms with Gasteiger partial charge in [0.15, 0.2) is 11.9 Å². The predicted octanol–water partition coefficient (Wildman–Crippen LogP) is 2.54. The summed E-state index contributed by atoms with van der Waals surface area (Å²) in [5.74, 6) is -2.87. The molecule has 5 unspecified atom stereocenters. The van der Waals surface area contributed by atoms with E-state index >= 15 is 0 Å². The van der Waals surface area contributed by atoms with Crippen molar-refractivity contribution in [2.75, 3.05) is 23.4 Å². The van der Waals surface area contributed by atoms with Crippen LogP contribution in [0.15, 0.2) is 0 Å². The summed E-state index contributed by atoms with van der Waals surface area (Å²) in [4.78, 5) is 0. The Morgan fingerprint density at radius 2 is 1.43 bits per heavy atom. The number of hydrogen-bond acceptors (Lipinski definition) is 10. The lowest BCUT2D eigenvalue weighted by Crippen LogP contribution is -2.47. The lowest BCUT2D eigenvalue weighted by atomic mass is 9.49. The maximum absolute atomic E-state index is 12.3. The molecule has 12 nitrogen and oxygen atoms in total. The molecule has 0 aromatic heterocycles. The number of rotatable bonds is 12. The Kier molecular flexibility index (Phi) is 9.48. The highest BCUT2D eigenvalue weighted by atomic mass is 32.2. The van der Waals surface area contributed by atoms with E-state index in [2.05, 4.69) is 15.3 Å². The summed E-state index contributed by atoms with van der Waals surface area (Å²) >= 11 is 0. The second-order valence-electron chi connectivity index (χ2n) is 11.6. The Labute approximate surface area is 220 Å². The van der Waals surface area contributed by atoms with Crippen LogP contribution in [0, 0.1) is 28.6 Å². The first-order chi connectivity index (χ1) is 16.8. The van der Waals surface area contributed by atoms with Crippen LogP contribution in [0.1, 0.15) is 77.6 Å². The largest absolute Gasteiger partial charge is 0.290 e. The summed E-state index contributed by atoms with van der Waals surface area (Å²) in [7, 11) is -17.4. The van der Waals surface area contributed by atoms with Gasteiger partial charge in [-0.1, -0.05) is 26.2 Å². The lowest BCUT2D eigenvalue weighted by molar-refractivity contribution is -0.0551. The van der Waals surface area contributed by atoms with Gasteiger partial charge in [0.2, 0.25) is 0 Å². The van der Waals surface area contributed by atoms with Crippen LogP contribution in [0.3, 0.4) is 0 Å². The van der Waals surface area contributed by atoms with Crippen LogP contribution in [-0.4, -0.2) is 66.2 Å². The second-order valence-corrected chi connectivity index (χ2v) is 17.8. The molecular formula is C21H38O12S4. The average Bonchev–Trinajstić information content (AvgIpc) is 2.74. The zero-order chi connectivity index (χ0) is 27.8. The van der Waals surface area contributed by atoms with Gasteiger partial charge in [0.1, 0.15) is 0 Å². The van der Waals surface area contributed by atoms with Gasteiger partial charge in [-0.15, -0.1) is 0 Å². The van der Waals surface area contributed by atoms with Gasteiger partial charge in [-0.25, -0.2) is 0 Å². The van der Waals surface area contributed by atoms with Gasteiger partial charge in [-0.3, -0.25) is 17.5 Å². The minimum Gasteiger partial charge on any atom is -0.284 e. The van der Waals surface area contributed by atoms with E-state index in [0.29, 0.717) is 25.2 Å². The van der Waals surface area contributed by atoms with Crippen LogP contribution >= 0.6 is 0 Å². The second kappa shape index (κ2) is 11.3. The van der Waals surface area contributed by atoms with E-state index < -0.39 is 52.4 Å². The maximum atomic E-state index is 12.3. The van der Waals surface area contributed by atoms with Gasteiger partial charge in [0.25, 0.3) is 40.5 Å². The summed E-state index contributed by atoms with van der Waals surface area (Å²) in [6.07, 6.45) is 8.82. The van der Waals surface area contributed by atoms with Gasteiger partial charge in [0, 0.05) is 0 Å². The predicted molar refractivity (Wildman–Crippen MR) is 134 cm³/mol. The normalized spacial score (nSPS) is 33.8. The van der Waals surface area contributed by atoms with Crippen LogP contribution in [0.5, 0.6) is 0 Å². The molecule has 16 heteroatoms. The molecule has 0 spiro atoms. The molecule has 3 saturated carbocycles. The fourth-order valence-corrected chi connectivity index (χ4v) is 11.1. The molecule has 2 bridgehead atoms.